The van der Waals surface area contributed by atoms with Gasteiger partial charge in [-0.05, 0) is 45.8 Å². The number of nitrogens with one attached hydrogen (secondary N) is 1. The van der Waals surface area contributed by atoms with Crippen LogP contribution in [0.4, 0.5) is 0 Å². The molecule has 14 heavy (non-hydrogen) atoms. The Kier molecular flexibility index (Phi) is 3.42. The fourth-order valence-corrected chi connectivity index (χ4v) is 2.18. The molecule has 0 aromatic heterocycles. The van der Waals surface area contributed by atoms with Gasteiger partial charge in [-0.2, -0.15) is 0 Å². The molecule has 3 heteroatoms. The van der Waals surface area contributed by atoms with Crippen LogP contribution >= 0.6 is 0 Å². The highest BCUT2D eigenvalue weighted by Crippen LogP contribution is 2.15. The molecule has 0 saturated carbocycles. The van der Waals surface area contributed by atoms with Crippen molar-refractivity contribution in [2.75, 3.05) is 32.8 Å². The van der Waals surface area contributed by atoms with E-state index in [-0.39, 0.29) is 0 Å². The summed E-state index contributed by atoms with van der Waals surface area (Å²) in [7, 11) is 0. The van der Waals surface area contributed by atoms with Gasteiger partial charge in [-0.3, -0.25) is 4.90 Å². The highest BCUT2D eigenvalue weighted by molar-refractivity contribution is 4.79. The molecular weight excluding hydrogens is 176 g/mol. The molecule has 0 aliphatic carbocycles. The average molecular weight is 198 g/mol. The number of hydrogen-bond acceptors (Lipinski definition) is 3. The Morgan fingerprint density at radius 2 is 2.14 bits per heavy atom. The zero-order valence-electron chi connectivity index (χ0n) is 9.33. The first-order valence-electron chi connectivity index (χ1n) is 5.82. The second-order valence-corrected chi connectivity index (χ2v) is 4.80. The van der Waals surface area contributed by atoms with Gasteiger partial charge in [0.2, 0.25) is 0 Å². The van der Waals surface area contributed by atoms with Crippen LogP contribution in [0.1, 0.15) is 20.3 Å². The van der Waals surface area contributed by atoms with Crippen LogP contribution in [0.5, 0.6) is 0 Å². The van der Waals surface area contributed by atoms with Gasteiger partial charge in [0.15, 0.2) is 0 Å². The van der Waals surface area contributed by atoms with E-state index in [9.17, 15) is 0 Å². The van der Waals surface area contributed by atoms with Crippen LogP contribution in [0.2, 0.25) is 0 Å². The topological polar surface area (TPSA) is 24.5 Å². The molecule has 82 valence electrons. The van der Waals surface area contributed by atoms with E-state index in [0.717, 1.165) is 19.1 Å². The SMILES string of the molecule is CC1CN(CCC2CNC2)C(C)CO1. The molecule has 2 saturated heterocycles. The minimum atomic E-state index is 0.422. The van der Waals surface area contributed by atoms with E-state index in [2.05, 4.69) is 24.1 Å². The lowest BCUT2D eigenvalue weighted by Crippen LogP contribution is -2.49. The molecule has 0 bridgehead atoms. The molecule has 2 aliphatic rings. The third-order valence-corrected chi connectivity index (χ3v) is 3.43. The van der Waals surface area contributed by atoms with Crippen LogP contribution in [-0.4, -0.2) is 49.8 Å². The molecule has 0 amide bonds. The number of rotatable bonds is 3. The minimum absolute atomic E-state index is 0.422. The van der Waals surface area contributed by atoms with Crippen LogP contribution in [0, 0.1) is 5.92 Å². The number of hydrogen-bond donors (Lipinski definition) is 1. The second kappa shape index (κ2) is 4.60. The van der Waals surface area contributed by atoms with Gasteiger partial charge in [-0.15, -0.1) is 0 Å². The van der Waals surface area contributed by atoms with E-state index < -0.39 is 0 Å². The van der Waals surface area contributed by atoms with Crippen molar-refractivity contribution in [2.24, 2.45) is 5.92 Å². The Morgan fingerprint density at radius 3 is 2.79 bits per heavy atom. The summed E-state index contributed by atoms with van der Waals surface area (Å²) < 4.78 is 5.61. The van der Waals surface area contributed by atoms with Gasteiger partial charge in [0, 0.05) is 12.6 Å². The summed E-state index contributed by atoms with van der Waals surface area (Å²) >= 11 is 0. The Bertz CT molecular complexity index is 182. The molecule has 0 aromatic rings. The maximum atomic E-state index is 5.61. The molecule has 0 aromatic carbocycles. The molecule has 2 unspecified atom stereocenters. The third-order valence-electron chi connectivity index (χ3n) is 3.43. The van der Waals surface area contributed by atoms with Crippen molar-refractivity contribution in [3.63, 3.8) is 0 Å². The summed E-state index contributed by atoms with van der Waals surface area (Å²) in [6.45, 7) is 10.2. The lowest BCUT2D eigenvalue weighted by Gasteiger charge is -2.38. The van der Waals surface area contributed by atoms with E-state index in [1.165, 1.54) is 26.1 Å². The van der Waals surface area contributed by atoms with E-state index in [4.69, 9.17) is 4.74 Å². The largest absolute Gasteiger partial charge is 0.376 e. The van der Waals surface area contributed by atoms with Gasteiger partial charge in [0.1, 0.15) is 0 Å². The van der Waals surface area contributed by atoms with Crippen molar-refractivity contribution in [2.45, 2.75) is 32.4 Å². The molecule has 2 fully saturated rings. The quantitative estimate of drug-likeness (QED) is 0.722. The van der Waals surface area contributed by atoms with Crippen molar-refractivity contribution in [1.29, 1.82) is 0 Å². The summed E-state index contributed by atoms with van der Waals surface area (Å²) in [4.78, 5) is 2.58. The predicted octanol–water partition coefficient (Wildman–Crippen LogP) is 0.705. The Hall–Kier alpha value is -0.120. The molecule has 2 rings (SSSR count). The first-order chi connectivity index (χ1) is 6.75. The lowest BCUT2D eigenvalue weighted by atomic mass is 9.98. The fraction of sp³-hybridized carbons (Fsp3) is 1.00. The van der Waals surface area contributed by atoms with E-state index in [1.54, 1.807) is 0 Å². The van der Waals surface area contributed by atoms with Gasteiger partial charge < -0.3 is 10.1 Å². The minimum Gasteiger partial charge on any atom is -0.376 e. The molecule has 1 N–H and O–H groups in total. The average Bonchev–Trinajstić information content (AvgIpc) is 2.08. The van der Waals surface area contributed by atoms with E-state index in [0.29, 0.717) is 12.1 Å². The summed E-state index contributed by atoms with van der Waals surface area (Å²) in [6, 6.07) is 0.610. The van der Waals surface area contributed by atoms with Crippen molar-refractivity contribution in [3.8, 4) is 0 Å². The normalized spacial score (nSPS) is 35.6. The molecule has 2 atom stereocenters. The summed E-state index contributed by atoms with van der Waals surface area (Å²) in [5.41, 5.74) is 0. The monoisotopic (exact) mass is 198 g/mol. The van der Waals surface area contributed by atoms with Gasteiger partial charge >= 0.3 is 0 Å². The van der Waals surface area contributed by atoms with Crippen LogP contribution in [0.3, 0.4) is 0 Å². The number of nitrogens with zero attached hydrogens (tertiary/aromatic N) is 1. The molecule has 3 nitrogen and oxygen atoms in total. The maximum absolute atomic E-state index is 5.61. The first kappa shape index (κ1) is 10.4. The van der Waals surface area contributed by atoms with Crippen molar-refractivity contribution >= 4 is 0 Å². The predicted molar refractivity (Wildman–Crippen MR) is 57.4 cm³/mol. The molecular formula is C11H22N2O. The van der Waals surface area contributed by atoms with Gasteiger partial charge in [0.25, 0.3) is 0 Å². The fourth-order valence-electron chi connectivity index (χ4n) is 2.18. The van der Waals surface area contributed by atoms with Gasteiger partial charge in [-0.25, -0.2) is 0 Å². The summed E-state index contributed by atoms with van der Waals surface area (Å²) in [5, 5.41) is 3.33. The van der Waals surface area contributed by atoms with Gasteiger partial charge in [-0.1, -0.05) is 0 Å². The van der Waals surface area contributed by atoms with Crippen LogP contribution in [0.25, 0.3) is 0 Å². The first-order valence-corrected chi connectivity index (χ1v) is 5.82. The number of morpholine rings is 1. The lowest BCUT2D eigenvalue weighted by molar-refractivity contribution is -0.0512. The van der Waals surface area contributed by atoms with Crippen LogP contribution in [0.15, 0.2) is 0 Å². The molecule has 2 aliphatic heterocycles. The Balaban J connectivity index is 1.71. The molecule has 2 heterocycles. The Morgan fingerprint density at radius 1 is 1.36 bits per heavy atom. The number of ether oxygens (including phenoxy) is 1. The van der Waals surface area contributed by atoms with Crippen LogP contribution in [-0.2, 0) is 4.74 Å². The third kappa shape index (κ3) is 2.47. The second-order valence-electron chi connectivity index (χ2n) is 4.80. The highest BCUT2D eigenvalue weighted by atomic mass is 16.5. The van der Waals surface area contributed by atoms with Crippen molar-refractivity contribution in [1.82, 2.24) is 10.2 Å². The van der Waals surface area contributed by atoms with Crippen molar-refractivity contribution < 1.29 is 4.74 Å². The van der Waals surface area contributed by atoms with Crippen molar-refractivity contribution in [3.05, 3.63) is 0 Å². The van der Waals surface area contributed by atoms with Gasteiger partial charge in [0.05, 0.1) is 12.7 Å². The highest BCUT2D eigenvalue weighted by Gasteiger charge is 2.25. The maximum Gasteiger partial charge on any atom is 0.0674 e. The summed E-state index contributed by atoms with van der Waals surface area (Å²) in [5.74, 6) is 0.931. The standard InChI is InChI=1S/C11H22N2O/c1-9-8-14-10(2)7-13(9)4-3-11-5-12-6-11/h9-12H,3-8H2,1-2H3. The zero-order valence-corrected chi connectivity index (χ0v) is 9.33. The van der Waals surface area contributed by atoms with E-state index >= 15 is 0 Å². The molecule has 0 spiro atoms. The summed E-state index contributed by atoms with van der Waals surface area (Å²) in [6.07, 6.45) is 1.77. The molecule has 0 radical (unpaired) electrons. The van der Waals surface area contributed by atoms with Crippen LogP contribution < -0.4 is 5.32 Å². The zero-order chi connectivity index (χ0) is 9.97. The smallest absolute Gasteiger partial charge is 0.0674 e. The van der Waals surface area contributed by atoms with E-state index in [1.807, 2.05) is 0 Å². The Labute approximate surface area is 86.8 Å².